The highest BCUT2D eigenvalue weighted by Crippen LogP contribution is 1.91. The molecular formula is C13H30N2O4. The van der Waals surface area contributed by atoms with Crippen molar-refractivity contribution in [1.29, 1.82) is 0 Å². The maximum atomic E-state index is 10.5. The van der Waals surface area contributed by atoms with Gasteiger partial charge in [0.25, 0.3) is 0 Å². The van der Waals surface area contributed by atoms with Gasteiger partial charge in [0.2, 0.25) is 6.41 Å². The number of ketones is 1. The van der Waals surface area contributed by atoms with E-state index in [2.05, 4.69) is 19.6 Å². The molecule has 0 heterocycles. The lowest BCUT2D eigenvalue weighted by molar-refractivity contribution is -0.117. The van der Waals surface area contributed by atoms with Crippen LogP contribution in [0.25, 0.3) is 0 Å². The smallest absolute Gasteiger partial charge is 0.204 e. The van der Waals surface area contributed by atoms with Crippen molar-refractivity contribution in [2.45, 2.75) is 40.0 Å². The van der Waals surface area contributed by atoms with E-state index in [1.54, 1.807) is 6.92 Å². The topological polar surface area (TPSA) is 105 Å². The van der Waals surface area contributed by atoms with Gasteiger partial charge in [0.05, 0.1) is 19.8 Å². The summed E-state index contributed by atoms with van der Waals surface area (Å²) < 4.78 is 10.3. The van der Waals surface area contributed by atoms with Gasteiger partial charge in [0, 0.05) is 19.6 Å². The molecule has 0 aromatic carbocycles. The van der Waals surface area contributed by atoms with Gasteiger partial charge in [0.1, 0.15) is 5.78 Å². The van der Waals surface area contributed by atoms with Crippen LogP contribution < -0.4 is 11.5 Å². The molecule has 1 amide bonds. The van der Waals surface area contributed by atoms with Crippen LogP contribution in [0.5, 0.6) is 0 Å². The van der Waals surface area contributed by atoms with Crippen molar-refractivity contribution < 1.29 is 19.1 Å². The summed E-state index contributed by atoms with van der Waals surface area (Å²) >= 11 is 0. The normalized spacial score (nSPS) is 8.63. The number of rotatable bonds is 9. The summed E-state index contributed by atoms with van der Waals surface area (Å²) in [5.74, 6) is 0.211. The molecule has 0 rings (SSSR count). The van der Waals surface area contributed by atoms with Crippen LogP contribution in [0, 0.1) is 0 Å². The van der Waals surface area contributed by atoms with E-state index in [1.807, 2.05) is 0 Å². The van der Waals surface area contributed by atoms with E-state index in [-0.39, 0.29) is 12.2 Å². The van der Waals surface area contributed by atoms with Crippen LogP contribution in [-0.4, -0.2) is 45.2 Å². The minimum atomic E-state index is 0.211. The number of carbonyl (C=O) groups is 2. The van der Waals surface area contributed by atoms with Gasteiger partial charge in [0.15, 0.2) is 0 Å². The Bertz CT molecular complexity index is 178. The van der Waals surface area contributed by atoms with Crippen LogP contribution in [0.4, 0.5) is 0 Å². The highest BCUT2D eigenvalue weighted by Gasteiger charge is 1.93. The van der Waals surface area contributed by atoms with Crippen molar-refractivity contribution >= 4 is 12.2 Å². The van der Waals surface area contributed by atoms with E-state index in [1.165, 1.54) is 6.42 Å². The maximum absolute atomic E-state index is 10.5. The van der Waals surface area contributed by atoms with E-state index >= 15 is 0 Å². The molecule has 0 fully saturated rings. The number of nitrogens with two attached hydrogens (primary N) is 2. The molecule has 0 aromatic rings. The zero-order valence-electron chi connectivity index (χ0n) is 12.5. The Balaban J connectivity index is -0.000000360. The molecule has 4 N–H and O–H groups in total. The van der Waals surface area contributed by atoms with Crippen molar-refractivity contribution in [2.75, 3.05) is 33.0 Å². The minimum absolute atomic E-state index is 0.211. The predicted molar refractivity (Wildman–Crippen MR) is 76.8 cm³/mol. The largest absolute Gasteiger partial charge is 0.379 e. The van der Waals surface area contributed by atoms with Gasteiger partial charge in [-0.2, -0.15) is 0 Å². The van der Waals surface area contributed by atoms with Gasteiger partial charge in [-0.1, -0.05) is 20.3 Å². The Kier molecular flexibility index (Phi) is 31.4. The summed E-state index contributed by atoms with van der Waals surface area (Å²) in [6.07, 6.45) is 2.90. The average Bonchev–Trinajstić information content (AvgIpc) is 2.34. The van der Waals surface area contributed by atoms with E-state index < -0.39 is 0 Å². The fourth-order valence-electron chi connectivity index (χ4n) is 0.828. The molecule has 0 saturated heterocycles. The predicted octanol–water partition coefficient (Wildman–Crippen LogP) is 0.865. The molecule has 0 saturated carbocycles. The molecule has 6 nitrogen and oxygen atoms in total. The van der Waals surface area contributed by atoms with Crippen LogP contribution in [0.3, 0.4) is 0 Å². The molecule has 0 spiro atoms. The lowest BCUT2D eigenvalue weighted by atomic mass is 10.2. The number of ether oxygens (including phenoxy) is 2. The van der Waals surface area contributed by atoms with Gasteiger partial charge in [-0.25, -0.2) is 0 Å². The fourth-order valence-corrected chi connectivity index (χ4v) is 0.828. The fraction of sp³-hybridized carbons (Fsp3) is 0.846. The zero-order valence-corrected chi connectivity index (χ0v) is 12.5. The number of primary amides is 1. The van der Waals surface area contributed by atoms with Crippen LogP contribution in [-0.2, 0) is 19.1 Å². The quantitative estimate of drug-likeness (QED) is 0.481. The van der Waals surface area contributed by atoms with Gasteiger partial charge in [-0.05, 0) is 13.3 Å². The van der Waals surface area contributed by atoms with Crippen molar-refractivity contribution in [3.8, 4) is 0 Å². The third kappa shape index (κ3) is 47.2. The van der Waals surface area contributed by atoms with Crippen LogP contribution >= 0.6 is 0 Å². The second kappa shape index (κ2) is 25.8. The molecule has 0 unspecified atom stereocenters. The lowest BCUT2D eigenvalue weighted by Crippen LogP contribution is -2.12. The standard InChI is InChI=1S/C9H19NO3.C3H8.CH3NO/c1-9(11)3-2-5-12-7-8-13-6-4-10;1-3-2;2-1-3/h2-8,10H2,1H3;3H2,1-2H3;1H,(H2,2,3). The zero-order chi connectivity index (χ0) is 15.4. The summed E-state index contributed by atoms with van der Waals surface area (Å²) in [5, 5.41) is 0. The Labute approximate surface area is 116 Å². The second-order valence-corrected chi connectivity index (χ2v) is 3.66. The van der Waals surface area contributed by atoms with Gasteiger partial charge >= 0.3 is 0 Å². The molecule has 0 aliphatic carbocycles. The van der Waals surface area contributed by atoms with Gasteiger partial charge in [-0.3, -0.25) is 4.79 Å². The summed E-state index contributed by atoms with van der Waals surface area (Å²) in [7, 11) is 0. The van der Waals surface area contributed by atoms with E-state index in [9.17, 15) is 4.79 Å². The minimum Gasteiger partial charge on any atom is -0.379 e. The van der Waals surface area contributed by atoms with Crippen LogP contribution in [0.15, 0.2) is 0 Å². The molecule has 6 heteroatoms. The Morgan fingerprint density at radius 1 is 1.11 bits per heavy atom. The summed E-state index contributed by atoms with van der Waals surface area (Å²) in [4.78, 5) is 19.1. The van der Waals surface area contributed by atoms with Gasteiger partial charge < -0.3 is 25.7 Å². The third-order valence-electron chi connectivity index (χ3n) is 1.45. The Morgan fingerprint density at radius 3 is 1.89 bits per heavy atom. The highest BCUT2D eigenvalue weighted by atomic mass is 16.5. The van der Waals surface area contributed by atoms with Crippen LogP contribution in [0.1, 0.15) is 40.0 Å². The van der Waals surface area contributed by atoms with Crippen molar-refractivity contribution in [1.82, 2.24) is 0 Å². The first-order valence-electron chi connectivity index (χ1n) is 6.60. The summed E-state index contributed by atoms with van der Waals surface area (Å²) in [5.41, 5.74) is 9.39. The lowest BCUT2D eigenvalue weighted by Gasteiger charge is -2.03. The van der Waals surface area contributed by atoms with E-state index in [4.69, 9.17) is 20.0 Å². The monoisotopic (exact) mass is 278 g/mol. The molecule has 0 aliphatic heterocycles. The summed E-state index contributed by atoms with van der Waals surface area (Å²) in [6, 6.07) is 0. The molecule has 19 heavy (non-hydrogen) atoms. The molecule has 0 aromatic heterocycles. The van der Waals surface area contributed by atoms with E-state index in [0.29, 0.717) is 39.4 Å². The number of Topliss-reactive ketones (excluding diaryl/α,β-unsaturated/α-hetero) is 1. The first-order valence-corrected chi connectivity index (χ1v) is 6.60. The Hall–Kier alpha value is -0.980. The molecule has 0 bridgehead atoms. The molecular weight excluding hydrogens is 248 g/mol. The third-order valence-corrected chi connectivity index (χ3v) is 1.45. The SMILES string of the molecule is CC(=O)CCCOCCOCCN.CCC.NC=O. The van der Waals surface area contributed by atoms with Crippen molar-refractivity contribution in [2.24, 2.45) is 11.5 Å². The van der Waals surface area contributed by atoms with E-state index in [0.717, 1.165) is 6.42 Å². The van der Waals surface area contributed by atoms with Crippen molar-refractivity contribution in [3.63, 3.8) is 0 Å². The number of hydrogen-bond donors (Lipinski definition) is 2. The number of carbonyl (C=O) groups excluding carboxylic acids is 2. The molecule has 0 radical (unpaired) electrons. The second-order valence-electron chi connectivity index (χ2n) is 3.66. The molecule has 0 aliphatic rings. The number of hydrogen-bond acceptors (Lipinski definition) is 5. The first-order chi connectivity index (χ1) is 9.10. The van der Waals surface area contributed by atoms with Crippen molar-refractivity contribution in [3.05, 3.63) is 0 Å². The van der Waals surface area contributed by atoms with Crippen LogP contribution in [0.2, 0.25) is 0 Å². The maximum Gasteiger partial charge on any atom is 0.204 e. The molecule has 0 atom stereocenters. The van der Waals surface area contributed by atoms with Gasteiger partial charge in [-0.15, -0.1) is 0 Å². The Morgan fingerprint density at radius 2 is 1.53 bits per heavy atom. The highest BCUT2D eigenvalue weighted by molar-refractivity contribution is 5.75. The number of amides is 1. The molecule has 116 valence electrons. The summed E-state index contributed by atoms with van der Waals surface area (Å²) in [6.45, 7) is 8.76. The first kappa shape index (κ1) is 23.1. The average molecular weight is 278 g/mol.